The minimum absolute atomic E-state index is 0.118. The second-order valence-electron chi connectivity index (χ2n) is 7.04. The lowest BCUT2D eigenvalue weighted by atomic mass is 9.88. The molecular formula is C17H25N3O2. The van der Waals surface area contributed by atoms with Gasteiger partial charge in [-0.1, -0.05) is 36.8 Å². The van der Waals surface area contributed by atoms with E-state index >= 15 is 0 Å². The van der Waals surface area contributed by atoms with Crippen LogP contribution in [-0.2, 0) is 9.53 Å². The number of hydrogen-bond donors (Lipinski definition) is 2. The van der Waals surface area contributed by atoms with Crippen LogP contribution < -0.4 is 10.9 Å². The van der Waals surface area contributed by atoms with Crippen molar-refractivity contribution in [3.8, 4) is 0 Å². The van der Waals surface area contributed by atoms with E-state index in [9.17, 15) is 4.79 Å². The number of amides is 1. The largest absolute Gasteiger partial charge is 0.380 e. The lowest BCUT2D eigenvalue weighted by molar-refractivity contribution is -0.143. The van der Waals surface area contributed by atoms with Crippen molar-refractivity contribution in [1.82, 2.24) is 15.8 Å². The maximum absolute atomic E-state index is 12.6. The van der Waals surface area contributed by atoms with Crippen molar-refractivity contribution in [2.75, 3.05) is 26.8 Å². The van der Waals surface area contributed by atoms with E-state index in [2.05, 4.69) is 49.0 Å². The van der Waals surface area contributed by atoms with Crippen LogP contribution in [0.4, 0.5) is 0 Å². The molecule has 1 aromatic rings. The Labute approximate surface area is 132 Å². The van der Waals surface area contributed by atoms with Gasteiger partial charge >= 0.3 is 0 Å². The Kier molecular flexibility index (Phi) is 4.21. The van der Waals surface area contributed by atoms with Crippen molar-refractivity contribution >= 4 is 5.91 Å². The van der Waals surface area contributed by atoms with Gasteiger partial charge in [0.25, 0.3) is 0 Å². The van der Waals surface area contributed by atoms with Crippen LogP contribution in [0.2, 0.25) is 0 Å². The molecule has 22 heavy (non-hydrogen) atoms. The monoisotopic (exact) mass is 303 g/mol. The first-order valence-electron chi connectivity index (χ1n) is 7.87. The van der Waals surface area contributed by atoms with E-state index in [1.807, 2.05) is 11.9 Å². The van der Waals surface area contributed by atoms with Crippen LogP contribution in [0, 0.1) is 12.3 Å². The van der Waals surface area contributed by atoms with Gasteiger partial charge in [-0.25, -0.2) is 10.9 Å². The number of carbonyl (C=O) groups is 1. The summed E-state index contributed by atoms with van der Waals surface area (Å²) in [5, 5.41) is 0. The molecule has 2 fully saturated rings. The van der Waals surface area contributed by atoms with E-state index in [0.29, 0.717) is 0 Å². The van der Waals surface area contributed by atoms with E-state index < -0.39 is 0 Å². The molecule has 2 aliphatic heterocycles. The molecule has 1 aromatic carbocycles. The average Bonchev–Trinajstić information content (AvgIpc) is 2.95. The molecule has 5 nitrogen and oxygen atoms in total. The zero-order valence-electron chi connectivity index (χ0n) is 13.6. The van der Waals surface area contributed by atoms with Gasteiger partial charge < -0.3 is 9.64 Å². The molecule has 0 aliphatic carbocycles. The summed E-state index contributed by atoms with van der Waals surface area (Å²) >= 11 is 0. The highest BCUT2D eigenvalue weighted by atomic mass is 16.5. The number of benzene rings is 1. The number of likely N-dealkylation sites (N-methyl/N-ethyl adjacent to an activating group) is 1. The summed E-state index contributed by atoms with van der Waals surface area (Å²) in [4.78, 5) is 14.4. The summed E-state index contributed by atoms with van der Waals surface area (Å²) < 4.78 is 5.26. The molecule has 0 radical (unpaired) electrons. The summed E-state index contributed by atoms with van der Waals surface area (Å²) in [7, 11) is 1.88. The maximum atomic E-state index is 12.6. The lowest BCUT2D eigenvalue weighted by Gasteiger charge is -2.41. The maximum Gasteiger partial charge on any atom is 0.240 e. The minimum Gasteiger partial charge on any atom is -0.380 e. The SMILES string of the molecule is Cc1ccc(C2CC(C(=O)N(C)CC3(C)COC3)NN2)cc1. The van der Waals surface area contributed by atoms with Crippen LogP contribution in [0.3, 0.4) is 0 Å². The van der Waals surface area contributed by atoms with Gasteiger partial charge in [0.1, 0.15) is 6.04 Å². The smallest absolute Gasteiger partial charge is 0.240 e. The summed E-state index contributed by atoms with van der Waals surface area (Å²) in [6.07, 6.45) is 0.777. The highest BCUT2D eigenvalue weighted by Crippen LogP contribution is 2.28. The Hall–Kier alpha value is -1.43. The molecule has 120 valence electrons. The molecule has 1 amide bonds. The highest BCUT2D eigenvalue weighted by molar-refractivity contribution is 5.82. The van der Waals surface area contributed by atoms with Gasteiger partial charge in [0.05, 0.1) is 13.2 Å². The van der Waals surface area contributed by atoms with Crippen LogP contribution >= 0.6 is 0 Å². The number of nitrogens with zero attached hydrogens (tertiary/aromatic N) is 1. The van der Waals surface area contributed by atoms with Gasteiger partial charge in [-0.05, 0) is 18.9 Å². The van der Waals surface area contributed by atoms with Crippen molar-refractivity contribution in [3.05, 3.63) is 35.4 Å². The van der Waals surface area contributed by atoms with Crippen LogP contribution in [0.15, 0.2) is 24.3 Å². The Morgan fingerprint density at radius 1 is 1.32 bits per heavy atom. The third-order valence-electron chi connectivity index (χ3n) is 4.58. The predicted molar refractivity (Wildman–Crippen MR) is 85.2 cm³/mol. The fourth-order valence-corrected chi connectivity index (χ4v) is 3.19. The average molecular weight is 303 g/mol. The number of ether oxygens (including phenoxy) is 1. The summed E-state index contributed by atoms with van der Waals surface area (Å²) in [6, 6.07) is 8.48. The zero-order valence-corrected chi connectivity index (χ0v) is 13.6. The van der Waals surface area contributed by atoms with E-state index in [1.54, 1.807) is 0 Å². The normalized spacial score (nSPS) is 26.5. The fourth-order valence-electron chi connectivity index (χ4n) is 3.19. The molecule has 0 spiro atoms. The molecular weight excluding hydrogens is 278 g/mol. The number of hydrazine groups is 1. The molecule has 2 unspecified atom stereocenters. The third-order valence-corrected chi connectivity index (χ3v) is 4.58. The van der Waals surface area contributed by atoms with Gasteiger partial charge in [0.15, 0.2) is 0 Å². The first-order chi connectivity index (χ1) is 10.5. The van der Waals surface area contributed by atoms with Crippen LogP contribution in [0.5, 0.6) is 0 Å². The minimum atomic E-state index is -0.166. The van der Waals surface area contributed by atoms with Gasteiger partial charge in [-0.2, -0.15) is 0 Å². The van der Waals surface area contributed by atoms with Gasteiger partial charge in [0.2, 0.25) is 5.91 Å². The van der Waals surface area contributed by atoms with Gasteiger partial charge in [-0.3, -0.25) is 4.79 Å². The molecule has 5 heteroatoms. The second-order valence-corrected chi connectivity index (χ2v) is 7.04. The molecule has 0 aromatic heterocycles. The summed E-state index contributed by atoms with van der Waals surface area (Å²) in [6.45, 7) is 6.48. The molecule has 2 atom stereocenters. The third kappa shape index (κ3) is 3.16. The lowest BCUT2D eigenvalue weighted by Crippen LogP contribution is -2.52. The molecule has 2 N–H and O–H groups in total. The second kappa shape index (κ2) is 5.99. The quantitative estimate of drug-likeness (QED) is 0.883. The number of hydrogen-bond acceptors (Lipinski definition) is 4. The van der Waals surface area contributed by atoms with Crippen LogP contribution in [0.25, 0.3) is 0 Å². The Morgan fingerprint density at radius 3 is 2.59 bits per heavy atom. The Morgan fingerprint density at radius 2 is 2.00 bits per heavy atom. The Balaban J connectivity index is 1.57. The van der Waals surface area contributed by atoms with Crippen LogP contribution in [0.1, 0.15) is 30.5 Å². The molecule has 0 bridgehead atoms. The van der Waals surface area contributed by atoms with Crippen molar-refractivity contribution in [1.29, 1.82) is 0 Å². The standard InChI is InChI=1S/C17H25N3O2/c1-12-4-6-13(7-5-12)14-8-15(19-18-14)16(21)20(3)9-17(2)10-22-11-17/h4-7,14-15,18-19H,8-11H2,1-3H3. The van der Waals surface area contributed by atoms with Crippen LogP contribution in [-0.4, -0.2) is 43.7 Å². The Bertz CT molecular complexity index is 539. The first-order valence-corrected chi connectivity index (χ1v) is 7.87. The number of aryl methyl sites for hydroxylation is 1. The van der Waals surface area contributed by atoms with E-state index in [-0.39, 0.29) is 23.4 Å². The zero-order chi connectivity index (χ0) is 15.7. The summed E-state index contributed by atoms with van der Waals surface area (Å²) in [5.74, 6) is 0.148. The molecule has 2 saturated heterocycles. The topological polar surface area (TPSA) is 53.6 Å². The molecule has 2 heterocycles. The fraction of sp³-hybridized carbons (Fsp3) is 0.588. The van der Waals surface area contributed by atoms with E-state index in [1.165, 1.54) is 11.1 Å². The van der Waals surface area contributed by atoms with Crippen molar-refractivity contribution in [2.45, 2.75) is 32.4 Å². The van der Waals surface area contributed by atoms with E-state index in [0.717, 1.165) is 26.2 Å². The van der Waals surface area contributed by atoms with Gasteiger partial charge in [-0.15, -0.1) is 0 Å². The van der Waals surface area contributed by atoms with Crippen molar-refractivity contribution in [2.24, 2.45) is 5.41 Å². The highest BCUT2D eigenvalue weighted by Gasteiger charge is 2.38. The number of rotatable bonds is 4. The molecule has 3 rings (SSSR count). The number of carbonyl (C=O) groups excluding carboxylic acids is 1. The van der Waals surface area contributed by atoms with Crippen molar-refractivity contribution < 1.29 is 9.53 Å². The molecule has 2 aliphatic rings. The first kappa shape index (κ1) is 15.5. The summed E-state index contributed by atoms with van der Waals surface area (Å²) in [5.41, 5.74) is 8.98. The van der Waals surface area contributed by atoms with Crippen molar-refractivity contribution in [3.63, 3.8) is 0 Å². The number of nitrogens with one attached hydrogen (secondary N) is 2. The molecule has 0 saturated carbocycles. The predicted octanol–water partition coefficient (Wildman–Crippen LogP) is 1.40. The van der Waals surface area contributed by atoms with Gasteiger partial charge in [0, 0.05) is 25.0 Å². The van der Waals surface area contributed by atoms with E-state index in [4.69, 9.17) is 4.74 Å².